The summed E-state index contributed by atoms with van der Waals surface area (Å²) in [7, 11) is 1.46. The van der Waals surface area contributed by atoms with Crippen LogP contribution in [0.5, 0.6) is 0 Å². The molecule has 3 heteroatoms. The van der Waals surface area contributed by atoms with Crippen molar-refractivity contribution in [2.75, 3.05) is 7.11 Å². The molecule has 0 spiro atoms. The molecule has 0 bridgehead atoms. The summed E-state index contributed by atoms with van der Waals surface area (Å²) in [6.45, 7) is 6.95. The van der Waals surface area contributed by atoms with Crippen LogP contribution in [0.15, 0.2) is 24.3 Å². The fourth-order valence-corrected chi connectivity index (χ4v) is 19.5. The van der Waals surface area contributed by atoms with Crippen LogP contribution in [0.25, 0.3) is 0 Å². The van der Waals surface area contributed by atoms with Crippen LogP contribution in [0.1, 0.15) is 64.9 Å². The van der Waals surface area contributed by atoms with Gasteiger partial charge in [0.15, 0.2) is 0 Å². The van der Waals surface area contributed by atoms with Crippen molar-refractivity contribution in [3.8, 4) is 0 Å². The van der Waals surface area contributed by atoms with Crippen LogP contribution >= 0.6 is 0 Å². The second kappa shape index (κ2) is 11.9. The van der Waals surface area contributed by atoms with E-state index in [1.165, 1.54) is 58.9 Å². The number of carbonyl (C=O) groups excluding carboxylic acids is 1. The number of rotatable bonds is 12. The molecule has 0 aliphatic carbocycles. The van der Waals surface area contributed by atoms with Crippen LogP contribution in [-0.2, 0) is 16.0 Å². The standard InChI is InChI=1S/C9H9O2.3C4H9.Sn/c1-11-9(10)7-8-5-3-2-4-6-8;3*1-3-4-2;/h3-6H,7H2,1H3;3*1,3-4H2,2H3;. The normalized spacial score (nSPS) is 11.5. The molecular weight excluding hydrogens is 403 g/mol. The summed E-state index contributed by atoms with van der Waals surface area (Å²) in [5.41, 5.74) is 1.08. The molecule has 24 heavy (non-hydrogen) atoms. The summed E-state index contributed by atoms with van der Waals surface area (Å²) in [6, 6.07) is 9.05. The van der Waals surface area contributed by atoms with Gasteiger partial charge in [0.25, 0.3) is 0 Å². The SMILES string of the molecule is CCC[CH2][Sn]([CH2]CCC)([CH2]CCC)[c]1ccc(CC(=O)OC)cc1. The van der Waals surface area contributed by atoms with Gasteiger partial charge in [0.1, 0.15) is 0 Å². The predicted molar refractivity (Wildman–Crippen MR) is 107 cm³/mol. The molecule has 0 fully saturated rings. The van der Waals surface area contributed by atoms with Crippen molar-refractivity contribution in [2.45, 2.75) is 79.0 Å². The van der Waals surface area contributed by atoms with E-state index >= 15 is 0 Å². The molecule has 0 N–H and O–H groups in total. The van der Waals surface area contributed by atoms with Crippen molar-refractivity contribution in [3.63, 3.8) is 0 Å². The molecule has 1 aromatic rings. The Morgan fingerprint density at radius 1 is 0.875 bits per heavy atom. The first-order valence-electron chi connectivity index (χ1n) is 9.78. The van der Waals surface area contributed by atoms with Crippen LogP contribution in [0.3, 0.4) is 0 Å². The summed E-state index contributed by atoms with van der Waals surface area (Å²) in [5, 5.41) is 0. The first kappa shape index (κ1) is 21.5. The monoisotopic (exact) mass is 440 g/mol. The summed E-state index contributed by atoms with van der Waals surface area (Å²) in [4.78, 5) is 11.5. The van der Waals surface area contributed by atoms with Crippen LogP contribution in [0, 0.1) is 0 Å². The second-order valence-corrected chi connectivity index (χ2v) is 20.3. The molecule has 0 aliphatic rings. The van der Waals surface area contributed by atoms with Crippen molar-refractivity contribution in [3.05, 3.63) is 29.8 Å². The minimum absolute atomic E-state index is 0.152. The van der Waals surface area contributed by atoms with Gasteiger partial charge in [-0.2, -0.15) is 0 Å². The zero-order valence-corrected chi connectivity index (χ0v) is 19.1. The molecule has 0 saturated carbocycles. The van der Waals surface area contributed by atoms with Crippen molar-refractivity contribution in [1.29, 1.82) is 0 Å². The van der Waals surface area contributed by atoms with E-state index in [0.717, 1.165) is 5.56 Å². The van der Waals surface area contributed by atoms with E-state index < -0.39 is 18.4 Å². The molecule has 0 heterocycles. The Morgan fingerprint density at radius 3 is 1.71 bits per heavy atom. The number of methoxy groups -OCH3 is 1. The van der Waals surface area contributed by atoms with Gasteiger partial charge in [0.2, 0.25) is 0 Å². The Balaban J connectivity index is 3.03. The van der Waals surface area contributed by atoms with Gasteiger partial charge in [-0.1, -0.05) is 0 Å². The van der Waals surface area contributed by atoms with Gasteiger partial charge in [-0.15, -0.1) is 0 Å². The molecule has 0 radical (unpaired) electrons. The Labute approximate surface area is 153 Å². The molecular formula is C21H36O2Sn. The second-order valence-electron chi connectivity index (χ2n) is 7.04. The molecule has 0 amide bonds. The summed E-state index contributed by atoms with van der Waals surface area (Å²) in [6.07, 6.45) is 8.44. The fourth-order valence-electron chi connectivity index (χ4n) is 3.57. The van der Waals surface area contributed by atoms with Gasteiger partial charge in [0, 0.05) is 0 Å². The Kier molecular flexibility index (Phi) is 10.7. The maximum atomic E-state index is 11.5. The van der Waals surface area contributed by atoms with E-state index in [1.54, 1.807) is 3.58 Å². The van der Waals surface area contributed by atoms with Crippen molar-refractivity contribution in [1.82, 2.24) is 0 Å². The number of hydrogen-bond acceptors (Lipinski definition) is 2. The fraction of sp³-hybridized carbons (Fsp3) is 0.667. The van der Waals surface area contributed by atoms with E-state index in [-0.39, 0.29) is 5.97 Å². The third kappa shape index (κ3) is 6.78. The van der Waals surface area contributed by atoms with Gasteiger partial charge in [-0.3, -0.25) is 0 Å². The first-order chi connectivity index (χ1) is 11.6. The van der Waals surface area contributed by atoms with E-state index in [4.69, 9.17) is 4.74 Å². The minimum atomic E-state index is -2.31. The molecule has 0 unspecified atom stereocenters. The number of ether oxygens (including phenoxy) is 1. The molecule has 1 aromatic carbocycles. The van der Waals surface area contributed by atoms with Crippen LogP contribution < -0.4 is 3.58 Å². The van der Waals surface area contributed by atoms with Crippen molar-refractivity contribution in [2.24, 2.45) is 0 Å². The average molecular weight is 439 g/mol. The van der Waals surface area contributed by atoms with E-state index in [1.807, 2.05) is 0 Å². The number of hydrogen-bond donors (Lipinski definition) is 0. The topological polar surface area (TPSA) is 26.3 Å². The van der Waals surface area contributed by atoms with Crippen LogP contribution in [0.2, 0.25) is 13.3 Å². The third-order valence-electron chi connectivity index (χ3n) is 5.17. The Bertz CT molecular complexity index is 445. The van der Waals surface area contributed by atoms with Crippen LogP contribution in [0.4, 0.5) is 0 Å². The maximum absolute atomic E-state index is 11.5. The number of carbonyl (C=O) groups is 1. The molecule has 136 valence electrons. The zero-order chi connectivity index (χ0) is 17.8. The predicted octanol–water partition coefficient (Wildman–Crippen LogP) is 5.46. The average Bonchev–Trinajstić information content (AvgIpc) is 2.62. The molecule has 2 nitrogen and oxygen atoms in total. The Morgan fingerprint density at radius 2 is 1.33 bits per heavy atom. The van der Waals surface area contributed by atoms with Gasteiger partial charge in [-0.05, 0) is 0 Å². The van der Waals surface area contributed by atoms with Gasteiger partial charge in [-0.25, -0.2) is 0 Å². The molecule has 0 aromatic heterocycles. The number of esters is 1. The van der Waals surface area contributed by atoms with Gasteiger partial charge < -0.3 is 0 Å². The summed E-state index contributed by atoms with van der Waals surface area (Å²) >= 11 is -2.31. The molecule has 0 saturated heterocycles. The molecule has 1 rings (SSSR count). The van der Waals surface area contributed by atoms with Crippen LogP contribution in [-0.4, -0.2) is 31.5 Å². The summed E-state index contributed by atoms with van der Waals surface area (Å²) < 4.78 is 10.9. The molecule has 0 atom stereocenters. The van der Waals surface area contributed by atoms with E-state index in [0.29, 0.717) is 6.42 Å². The van der Waals surface area contributed by atoms with Crippen molar-refractivity contribution >= 4 is 27.9 Å². The first-order valence-corrected chi connectivity index (χ1v) is 17.3. The quantitative estimate of drug-likeness (QED) is 0.320. The number of benzene rings is 1. The van der Waals surface area contributed by atoms with Gasteiger partial charge >= 0.3 is 153 Å². The number of unbranched alkanes of at least 4 members (excludes halogenated alkanes) is 3. The zero-order valence-electron chi connectivity index (χ0n) is 16.2. The van der Waals surface area contributed by atoms with Crippen molar-refractivity contribution < 1.29 is 9.53 Å². The van der Waals surface area contributed by atoms with E-state index in [2.05, 4.69) is 45.0 Å². The third-order valence-corrected chi connectivity index (χ3v) is 20.8. The Hall–Kier alpha value is -0.511. The summed E-state index contributed by atoms with van der Waals surface area (Å²) in [5.74, 6) is -0.152. The van der Waals surface area contributed by atoms with E-state index in [9.17, 15) is 4.79 Å². The molecule has 0 aliphatic heterocycles. The van der Waals surface area contributed by atoms with Gasteiger partial charge in [0.05, 0.1) is 0 Å².